The van der Waals surface area contributed by atoms with Gasteiger partial charge >= 0.3 is 0 Å². The largest absolute Gasteiger partial charge is 0.343 e. The van der Waals surface area contributed by atoms with Crippen LogP contribution in [0.3, 0.4) is 0 Å². The van der Waals surface area contributed by atoms with Crippen LogP contribution >= 0.6 is 11.8 Å². The molecule has 1 aliphatic rings. The predicted molar refractivity (Wildman–Crippen MR) is 120 cm³/mol. The van der Waals surface area contributed by atoms with Crippen molar-refractivity contribution in [3.05, 3.63) is 99.3 Å². The Bertz CT molecular complexity index is 1390. The number of nitrogens with one attached hydrogen (secondary N) is 1. The molecule has 5 rings (SSSR count). The highest BCUT2D eigenvalue weighted by Crippen LogP contribution is 2.47. The average Bonchev–Trinajstić information content (AvgIpc) is 3.03. The minimum atomic E-state index is -0.103. The van der Waals surface area contributed by atoms with Crippen molar-refractivity contribution in [3.8, 4) is 5.69 Å². The SMILES string of the molecule is C=c1[nH]n(-c2ccccc2)c(=O)/c1=C/c1ccc2c(c1)Sc1ccccc1N2C. The molecule has 3 aromatic carbocycles. The van der Waals surface area contributed by atoms with Crippen molar-refractivity contribution in [2.45, 2.75) is 9.79 Å². The standard InChI is InChI=1S/C24H19N3OS/c1-16-19(24(28)27(25-16)18-8-4-3-5-9-18)14-17-12-13-21-23(15-17)29-22-11-7-6-10-20(22)26(21)2/h3-15,25H,1H2,2H3/b19-14+. The Labute approximate surface area is 172 Å². The van der Waals surface area contributed by atoms with Gasteiger partial charge in [-0.1, -0.05) is 54.7 Å². The van der Waals surface area contributed by atoms with E-state index in [2.05, 4.69) is 60.0 Å². The number of rotatable bonds is 2. The first-order valence-electron chi connectivity index (χ1n) is 9.33. The van der Waals surface area contributed by atoms with Crippen LogP contribution in [0.5, 0.6) is 0 Å². The van der Waals surface area contributed by atoms with E-state index in [1.807, 2.05) is 42.5 Å². The summed E-state index contributed by atoms with van der Waals surface area (Å²) in [5.74, 6) is 0. The van der Waals surface area contributed by atoms with E-state index in [0.717, 1.165) is 16.9 Å². The summed E-state index contributed by atoms with van der Waals surface area (Å²) in [7, 11) is 2.08. The molecule has 2 heterocycles. The molecule has 1 N–H and O–H groups in total. The third-order valence-electron chi connectivity index (χ3n) is 5.12. The van der Waals surface area contributed by atoms with Gasteiger partial charge in [0, 0.05) is 16.8 Å². The number of para-hydroxylation sites is 2. The Morgan fingerprint density at radius 3 is 2.48 bits per heavy atom. The summed E-state index contributed by atoms with van der Waals surface area (Å²) in [6.45, 7) is 4.03. The molecule has 0 bridgehead atoms. The Morgan fingerprint density at radius 2 is 1.66 bits per heavy atom. The van der Waals surface area contributed by atoms with Crippen LogP contribution < -0.4 is 21.0 Å². The summed E-state index contributed by atoms with van der Waals surface area (Å²) < 4.78 is 1.53. The van der Waals surface area contributed by atoms with Crippen molar-refractivity contribution in [1.29, 1.82) is 0 Å². The monoisotopic (exact) mass is 397 g/mol. The van der Waals surface area contributed by atoms with Crippen LogP contribution in [0.15, 0.2) is 87.4 Å². The van der Waals surface area contributed by atoms with Gasteiger partial charge in [-0.3, -0.25) is 9.89 Å². The lowest BCUT2D eigenvalue weighted by atomic mass is 10.1. The lowest BCUT2D eigenvalue weighted by Crippen LogP contribution is -2.33. The maximum absolute atomic E-state index is 12.9. The Hall–Kier alpha value is -3.44. The Morgan fingerprint density at radius 1 is 0.931 bits per heavy atom. The van der Waals surface area contributed by atoms with Gasteiger partial charge in [0.1, 0.15) is 0 Å². The van der Waals surface area contributed by atoms with Gasteiger partial charge in [0.05, 0.1) is 27.6 Å². The molecule has 0 spiro atoms. The van der Waals surface area contributed by atoms with E-state index in [-0.39, 0.29) is 5.56 Å². The number of H-pyrrole nitrogens is 1. The molecule has 1 aliphatic heterocycles. The van der Waals surface area contributed by atoms with E-state index in [1.165, 1.54) is 20.2 Å². The Kier molecular flexibility index (Phi) is 4.18. The van der Waals surface area contributed by atoms with Gasteiger partial charge in [0.2, 0.25) is 0 Å². The van der Waals surface area contributed by atoms with Crippen LogP contribution in [-0.2, 0) is 0 Å². The molecular weight excluding hydrogens is 378 g/mol. The lowest BCUT2D eigenvalue weighted by molar-refractivity contribution is 0.838. The molecular formula is C24H19N3OS. The zero-order chi connectivity index (χ0) is 20.0. The second-order valence-electron chi connectivity index (χ2n) is 6.98. The molecule has 0 unspecified atom stereocenters. The van der Waals surface area contributed by atoms with Crippen LogP contribution in [0, 0.1) is 0 Å². The molecule has 0 saturated carbocycles. The van der Waals surface area contributed by atoms with Crippen molar-refractivity contribution in [1.82, 2.24) is 9.78 Å². The van der Waals surface area contributed by atoms with Crippen molar-refractivity contribution in [2.24, 2.45) is 0 Å². The van der Waals surface area contributed by atoms with Gasteiger partial charge < -0.3 is 4.90 Å². The zero-order valence-corrected chi connectivity index (χ0v) is 16.7. The first-order valence-corrected chi connectivity index (χ1v) is 10.2. The predicted octanol–water partition coefficient (Wildman–Crippen LogP) is 3.64. The van der Waals surface area contributed by atoms with E-state index in [4.69, 9.17) is 0 Å². The maximum atomic E-state index is 12.9. The van der Waals surface area contributed by atoms with Crippen LogP contribution in [0.2, 0.25) is 0 Å². The quantitative estimate of drug-likeness (QED) is 0.562. The first-order chi connectivity index (χ1) is 14.1. The van der Waals surface area contributed by atoms with E-state index >= 15 is 0 Å². The zero-order valence-electron chi connectivity index (χ0n) is 15.9. The Balaban J connectivity index is 1.60. The molecule has 5 heteroatoms. The summed E-state index contributed by atoms with van der Waals surface area (Å²) in [5, 5.41) is 4.26. The highest BCUT2D eigenvalue weighted by atomic mass is 32.2. The minimum Gasteiger partial charge on any atom is -0.343 e. The molecule has 0 atom stereocenters. The number of aromatic nitrogens is 2. The topological polar surface area (TPSA) is 41.0 Å². The van der Waals surface area contributed by atoms with Crippen molar-refractivity contribution >= 4 is 35.8 Å². The van der Waals surface area contributed by atoms with Crippen LogP contribution in [-0.4, -0.2) is 16.8 Å². The van der Waals surface area contributed by atoms with Gasteiger partial charge in [0.15, 0.2) is 0 Å². The highest BCUT2D eigenvalue weighted by molar-refractivity contribution is 7.99. The summed E-state index contributed by atoms with van der Waals surface area (Å²) in [5.41, 5.74) is 4.04. The maximum Gasteiger partial charge on any atom is 0.279 e. The number of anilines is 2. The molecule has 142 valence electrons. The van der Waals surface area contributed by atoms with Gasteiger partial charge in [-0.25, -0.2) is 4.68 Å². The van der Waals surface area contributed by atoms with Crippen molar-refractivity contribution in [3.63, 3.8) is 0 Å². The lowest BCUT2D eigenvalue weighted by Gasteiger charge is -2.29. The summed E-state index contributed by atoms with van der Waals surface area (Å²) in [4.78, 5) is 17.5. The second-order valence-corrected chi connectivity index (χ2v) is 8.06. The number of hydrogen-bond donors (Lipinski definition) is 1. The number of benzene rings is 3. The molecule has 29 heavy (non-hydrogen) atoms. The molecule has 0 amide bonds. The molecule has 0 radical (unpaired) electrons. The smallest absolute Gasteiger partial charge is 0.279 e. The normalized spacial score (nSPS) is 13.3. The fourth-order valence-corrected chi connectivity index (χ4v) is 4.82. The number of nitrogens with zero attached hydrogens (tertiary/aromatic N) is 2. The van der Waals surface area contributed by atoms with Gasteiger partial charge in [0.25, 0.3) is 5.56 Å². The van der Waals surface area contributed by atoms with E-state index in [1.54, 1.807) is 11.8 Å². The van der Waals surface area contributed by atoms with Crippen molar-refractivity contribution < 1.29 is 0 Å². The van der Waals surface area contributed by atoms with Crippen LogP contribution in [0.1, 0.15) is 5.56 Å². The third kappa shape index (κ3) is 3.00. The van der Waals surface area contributed by atoms with Crippen LogP contribution in [0.25, 0.3) is 18.3 Å². The molecule has 4 aromatic rings. The number of fused-ring (bicyclic) bond motifs is 2. The van der Waals surface area contributed by atoms with Gasteiger partial charge in [-0.05, 0) is 48.0 Å². The molecule has 4 nitrogen and oxygen atoms in total. The summed E-state index contributed by atoms with van der Waals surface area (Å²) in [6, 6.07) is 24.2. The molecule has 0 fully saturated rings. The fraction of sp³-hybridized carbons (Fsp3) is 0.0417. The number of aromatic amines is 1. The summed E-state index contributed by atoms with van der Waals surface area (Å²) >= 11 is 1.75. The molecule has 1 aromatic heterocycles. The minimum absolute atomic E-state index is 0.103. The van der Waals surface area contributed by atoms with Gasteiger partial charge in [-0.2, -0.15) is 0 Å². The molecule has 0 saturated heterocycles. The first kappa shape index (κ1) is 17.6. The van der Waals surface area contributed by atoms with Gasteiger partial charge in [-0.15, -0.1) is 0 Å². The number of hydrogen-bond acceptors (Lipinski definition) is 3. The van der Waals surface area contributed by atoms with Crippen LogP contribution in [0.4, 0.5) is 11.4 Å². The molecule has 0 aliphatic carbocycles. The summed E-state index contributed by atoms with van der Waals surface area (Å²) in [6.07, 6.45) is 1.90. The average molecular weight is 398 g/mol. The van der Waals surface area contributed by atoms with E-state index < -0.39 is 0 Å². The third-order valence-corrected chi connectivity index (χ3v) is 6.23. The second kappa shape index (κ2) is 6.87. The fourth-order valence-electron chi connectivity index (χ4n) is 3.62. The highest BCUT2D eigenvalue weighted by Gasteiger charge is 2.20. The van der Waals surface area contributed by atoms with Crippen molar-refractivity contribution in [2.75, 3.05) is 11.9 Å². The van der Waals surface area contributed by atoms with E-state index in [9.17, 15) is 4.79 Å². The van der Waals surface area contributed by atoms with E-state index in [0.29, 0.717) is 10.6 Å².